The van der Waals surface area contributed by atoms with E-state index in [0.29, 0.717) is 18.7 Å². The lowest BCUT2D eigenvalue weighted by molar-refractivity contribution is 0.210. The molecule has 1 fully saturated rings. The van der Waals surface area contributed by atoms with E-state index in [1.165, 1.54) is 0 Å². The number of aliphatic hydroxyl groups is 1. The first-order valence-electron chi connectivity index (χ1n) is 11.1. The third-order valence-corrected chi connectivity index (χ3v) is 8.40. The van der Waals surface area contributed by atoms with Crippen molar-refractivity contribution in [3.8, 4) is 17.6 Å². The zero-order valence-corrected chi connectivity index (χ0v) is 19.5. The van der Waals surface area contributed by atoms with Gasteiger partial charge in [-0.25, -0.2) is 8.42 Å². The number of hydrogen-bond acceptors (Lipinski definition) is 6. The molecule has 0 saturated carbocycles. The molecule has 2 aliphatic rings. The fourth-order valence-electron chi connectivity index (χ4n) is 4.83. The lowest BCUT2D eigenvalue weighted by atomic mass is 9.83. The molecule has 2 aromatic carbocycles. The first kappa shape index (κ1) is 22.4. The maximum atomic E-state index is 13.7. The van der Waals surface area contributed by atoms with Crippen LogP contribution in [0.2, 0.25) is 0 Å². The maximum absolute atomic E-state index is 13.7. The molecule has 3 atom stereocenters. The van der Waals surface area contributed by atoms with Crippen LogP contribution in [0.4, 0.5) is 5.69 Å². The van der Waals surface area contributed by atoms with E-state index in [2.05, 4.69) is 22.1 Å². The Kier molecular flexibility index (Phi) is 6.00. The number of ether oxygens (including phenoxy) is 1. The van der Waals surface area contributed by atoms with Crippen molar-refractivity contribution in [2.24, 2.45) is 5.92 Å². The SMILES string of the molecule is COc1ccc(S(=O)(=O)N2CC[C@@H]3[C@@H](CO)Nc4ccc(C#Cc5cccnc5)cc4[C@@H]32)cc1. The molecule has 0 amide bonds. The van der Waals surface area contributed by atoms with Gasteiger partial charge in [-0.3, -0.25) is 4.98 Å². The minimum Gasteiger partial charge on any atom is -0.497 e. The monoisotopic (exact) mass is 475 g/mol. The Balaban J connectivity index is 1.54. The smallest absolute Gasteiger partial charge is 0.243 e. The van der Waals surface area contributed by atoms with Crippen LogP contribution in [0.25, 0.3) is 0 Å². The van der Waals surface area contributed by atoms with E-state index in [-0.39, 0.29) is 29.5 Å². The van der Waals surface area contributed by atoms with E-state index in [1.807, 2.05) is 30.3 Å². The van der Waals surface area contributed by atoms with Crippen LogP contribution in [-0.2, 0) is 10.0 Å². The fraction of sp³-hybridized carbons (Fsp3) is 0.269. The fourth-order valence-corrected chi connectivity index (χ4v) is 6.50. The summed E-state index contributed by atoms with van der Waals surface area (Å²) in [6.07, 6.45) is 4.06. The number of fused-ring (bicyclic) bond motifs is 3. The first-order valence-corrected chi connectivity index (χ1v) is 12.5. The quantitative estimate of drug-likeness (QED) is 0.564. The molecule has 34 heavy (non-hydrogen) atoms. The summed E-state index contributed by atoms with van der Waals surface area (Å²) in [6, 6.07) is 15.3. The summed E-state index contributed by atoms with van der Waals surface area (Å²) in [5.74, 6) is 6.82. The van der Waals surface area contributed by atoms with Gasteiger partial charge in [-0.2, -0.15) is 4.31 Å². The van der Waals surface area contributed by atoms with Crippen LogP contribution in [0.3, 0.4) is 0 Å². The molecule has 174 valence electrons. The molecular weight excluding hydrogens is 450 g/mol. The van der Waals surface area contributed by atoms with Crippen LogP contribution in [0.15, 0.2) is 71.9 Å². The summed E-state index contributed by atoms with van der Waals surface area (Å²) in [7, 11) is -2.21. The lowest BCUT2D eigenvalue weighted by Crippen LogP contribution is -2.42. The Morgan fingerprint density at radius 2 is 1.94 bits per heavy atom. The average molecular weight is 476 g/mol. The van der Waals surface area contributed by atoms with Crippen molar-refractivity contribution in [3.05, 3.63) is 83.7 Å². The number of rotatable bonds is 4. The number of nitrogens with zero attached hydrogens (tertiary/aromatic N) is 2. The van der Waals surface area contributed by atoms with Gasteiger partial charge in [0.25, 0.3) is 0 Å². The summed E-state index contributed by atoms with van der Waals surface area (Å²) in [4.78, 5) is 4.31. The molecule has 0 unspecified atom stereocenters. The topological polar surface area (TPSA) is 91.8 Å². The lowest BCUT2D eigenvalue weighted by Gasteiger charge is -2.38. The molecule has 5 rings (SSSR count). The highest BCUT2D eigenvalue weighted by Gasteiger charge is 2.48. The van der Waals surface area contributed by atoms with Gasteiger partial charge in [0.05, 0.1) is 30.7 Å². The minimum absolute atomic E-state index is 0.0490. The molecule has 0 aliphatic carbocycles. The molecule has 1 saturated heterocycles. The Bertz CT molecular complexity index is 1350. The van der Waals surface area contributed by atoms with Crippen molar-refractivity contribution in [2.45, 2.75) is 23.4 Å². The van der Waals surface area contributed by atoms with Crippen LogP contribution in [0.5, 0.6) is 5.75 Å². The predicted molar refractivity (Wildman–Crippen MR) is 129 cm³/mol. The number of nitrogens with one attached hydrogen (secondary N) is 1. The number of aromatic nitrogens is 1. The standard InChI is InChI=1S/C26H25N3O4S/c1-33-20-7-9-21(10-8-20)34(31,32)29-14-12-22-25(17-30)28-24-11-6-18(15-23(24)26(22)29)4-5-19-3-2-13-27-16-19/h2-3,6-11,13,15-16,22,25-26,28,30H,12,14,17H2,1H3/t22-,25-,26-/m1/s1. The van der Waals surface area contributed by atoms with Crippen LogP contribution in [-0.4, -0.2) is 49.1 Å². The zero-order chi connectivity index (χ0) is 23.7. The first-order chi connectivity index (χ1) is 16.5. The van der Waals surface area contributed by atoms with Crippen LogP contribution in [0.1, 0.15) is 29.2 Å². The molecule has 1 aromatic heterocycles. The molecule has 2 aliphatic heterocycles. The highest BCUT2D eigenvalue weighted by atomic mass is 32.2. The van der Waals surface area contributed by atoms with E-state index in [1.54, 1.807) is 48.1 Å². The molecule has 3 aromatic rings. The van der Waals surface area contributed by atoms with E-state index < -0.39 is 10.0 Å². The summed E-state index contributed by atoms with van der Waals surface area (Å²) < 4.78 is 34.1. The van der Waals surface area contributed by atoms with Gasteiger partial charge in [0.15, 0.2) is 0 Å². The molecule has 3 heterocycles. The molecule has 8 heteroatoms. The number of pyridine rings is 1. The van der Waals surface area contributed by atoms with E-state index in [0.717, 1.165) is 22.4 Å². The summed E-state index contributed by atoms with van der Waals surface area (Å²) in [6.45, 7) is 0.312. The molecule has 2 N–H and O–H groups in total. The number of sulfonamides is 1. The summed E-state index contributed by atoms with van der Waals surface area (Å²) in [5.41, 5.74) is 3.30. The van der Waals surface area contributed by atoms with Crippen molar-refractivity contribution < 1.29 is 18.3 Å². The minimum atomic E-state index is -3.75. The van der Waals surface area contributed by atoms with E-state index in [9.17, 15) is 13.5 Å². The average Bonchev–Trinajstić information content (AvgIpc) is 3.34. The molecule has 7 nitrogen and oxygen atoms in total. The Labute approximate surface area is 199 Å². The normalized spacial score (nSPS) is 21.5. The largest absolute Gasteiger partial charge is 0.497 e. The van der Waals surface area contributed by atoms with Crippen LogP contribution >= 0.6 is 0 Å². The molecule has 0 spiro atoms. The van der Waals surface area contributed by atoms with Crippen molar-refractivity contribution in [1.29, 1.82) is 0 Å². The Hall–Kier alpha value is -3.38. The number of methoxy groups -OCH3 is 1. The highest BCUT2D eigenvalue weighted by Crippen LogP contribution is 2.48. The Morgan fingerprint density at radius 1 is 1.15 bits per heavy atom. The van der Waals surface area contributed by atoms with Crippen LogP contribution < -0.4 is 10.1 Å². The van der Waals surface area contributed by atoms with Gasteiger partial charge in [-0.05, 0) is 66.6 Å². The van der Waals surface area contributed by atoms with Gasteiger partial charge in [0.2, 0.25) is 10.0 Å². The van der Waals surface area contributed by atoms with Gasteiger partial charge >= 0.3 is 0 Å². The van der Waals surface area contributed by atoms with Gasteiger partial charge in [0.1, 0.15) is 5.75 Å². The Morgan fingerprint density at radius 3 is 2.65 bits per heavy atom. The molecule has 0 bridgehead atoms. The highest BCUT2D eigenvalue weighted by molar-refractivity contribution is 7.89. The number of aliphatic hydroxyl groups excluding tert-OH is 1. The summed E-state index contributed by atoms with van der Waals surface area (Å²) >= 11 is 0. The van der Waals surface area contributed by atoms with E-state index >= 15 is 0 Å². The van der Waals surface area contributed by atoms with Crippen molar-refractivity contribution >= 4 is 15.7 Å². The number of benzene rings is 2. The second-order valence-corrected chi connectivity index (χ2v) is 10.3. The van der Waals surface area contributed by atoms with E-state index in [4.69, 9.17) is 4.74 Å². The van der Waals surface area contributed by atoms with Crippen LogP contribution in [0, 0.1) is 17.8 Å². The maximum Gasteiger partial charge on any atom is 0.243 e. The second-order valence-electron chi connectivity index (χ2n) is 8.42. The van der Waals surface area contributed by atoms with Crippen molar-refractivity contribution in [3.63, 3.8) is 0 Å². The van der Waals surface area contributed by atoms with Gasteiger partial charge < -0.3 is 15.2 Å². The van der Waals surface area contributed by atoms with Gasteiger partial charge in [-0.1, -0.05) is 11.8 Å². The third kappa shape index (κ3) is 4.03. The van der Waals surface area contributed by atoms with Gasteiger partial charge in [-0.15, -0.1) is 0 Å². The van der Waals surface area contributed by atoms with Crippen molar-refractivity contribution in [1.82, 2.24) is 9.29 Å². The third-order valence-electron chi connectivity index (χ3n) is 6.50. The molecular formula is C26H25N3O4S. The second kappa shape index (κ2) is 9.11. The molecule has 0 radical (unpaired) electrons. The number of anilines is 1. The summed E-state index contributed by atoms with van der Waals surface area (Å²) in [5, 5.41) is 13.4. The van der Waals surface area contributed by atoms with Gasteiger partial charge in [0, 0.05) is 41.7 Å². The zero-order valence-electron chi connectivity index (χ0n) is 18.7. The van der Waals surface area contributed by atoms with Crippen molar-refractivity contribution in [2.75, 3.05) is 25.6 Å². The number of hydrogen-bond donors (Lipinski definition) is 2. The predicted octanol–water partition coefficient (Wildman–Crippen LogP) is 3.03.